The second-order valence-electron chi connectivity index (χ2n) is 6.02. The summed E-state index contributed by atoms with van der Waals surface area (Å²) in [5, 5.41) is 2.39. The maximum Gasteiger partial charge on any atom is 0.416 e. The van der Waals surface area contributed by atoms with Gasteiger partial charge < -0.3 is 9.88 Å². The van der Waals surface area contributed by atoms with Gasteiger partial charge in [0, 0.05) is 12.3 Å². The topological polar surface area (TPSA) is 51.1 Å². The second-order valence-corrected chi connectivity index (χ2v) is 6.02. The Morgan fingerprint density at radius 3 is 2.46 bits per heavy atom. The maximum absolute atomic E-state index is 13.7. The molecule has 1 heterocycles. The number of alkyl halides is 3. The van der Waals surface area contributed by atoms with Crippen LogP contribution >= 0.6 is 0 Å². The van der Waals surface area contributed by atoms with E-state index in [0.717, 1.165) is 22.8 Å². The van der Waals surface area contributed by atoms with Crippen LogP contribution in [0.25, 0.3) is 0 Å². The summed E-state index contributed by atoms with van der Waals surface area (Å²) in [7, 11) is 0. The number of hydrogen-bond acceptors (Lipinski definition) is 2. The third kappa shape index (κ3) is 4.46. The van der Waals surface area contributed by atoms with Crippen molar-refractivity contribution in [2.24, 2.45) is 0 Å². The third-order valence-corrected chi connectivity index (χ3v) is 3.97. The van der Waals surface area contributed by atoms with E-state index in [0.29, 0.717) is 0 Å². The molecule has 4 nitrogen and oxygen atoms in total. The van der Waals surface area contributed by atoms with Crippen LogP contribution in [0.1, 0.15) is 21.5 Å². The number of rotatable bonds is 4. The molecule has 0 bridgehead atoms. The predicted molar refractivity (Wildman–Crippen MR) is 95.6 cm³/mol. The van der Waals surface area contributed by atoms with E-state index in [1.807, 2.05) is 0 Å². The van der Waals surface area contributed by atoms with Crippen molar-refractivity contribution in [3.8, 4) is 0 Å². The minimum absolute atomic E-state index is 0.0249. The van der Waals surface area contributed by atoms with Crippen molar-refractivity contribution in [2.45, 2.75) is 12.7 Å². The number of hydrogen-bond donors (Lipinski definition) is 1. The van der Waals surface area contributed by atoms with Gasteiger partial charge in [0.15, 0.2) is 0 Å². The molecule has 0 fully saturated rings. The summed E-state index contributed by atoms with van der Waals surface area (Å²) in [6.45, 7) is -0.149. The number of benzene rings is 2. The van der Waals surface area contributed by atoms with Crippen LogP contribution in [0.2, 0.25) is 0 Å². The molecule has 0 aliphatic heterocycles. The summed E-state index contributed by atoms with van der Waals surface area (Å²) >= 11 is 0. The van der Waals surface area contributed by atoms with Crippen molar-refractivity contribution in [2.75, 3.05) is 5.32 Å². The first kappa shape index (κ1) is 19.3. The number of para-hydroxylation sites is 1. The van der Waals surface area contributed by atoms with Crippen LogP contribution in [0.5, 0.6) is 0 Å². The van der Waals surface area contributed by atoms with Crippen LogP contribution < -0.4 is 10.9 Å². The average molecular weight is 390 g/mol. The molecule has 0 aliphatic rings. The second kappa shape index (κ2) is 7.67. The van der Waals surface area contributed by atoms with Gasteiger partial charge in [-0.1, -0.05) is 24.3 Å². The van der Waals surface area contributed by atoms with Crippen LogP contribution in [0.15, 0.2) is 71.7 Å². The van der Waals surface area contributed by atoms with E-state index in [4.69, 9.17) is 0 Å². The lowest BCUT2D eigenvalue weighted by molar-refractivity contribution is -0.137. The SMILES string of the molecule is O=C(Nc1ccccc1F)c1ccc(=O)n(Cc2cccc(C(F)(F)F)c2)c1. The Balaban J connectivity index is 1.85. The Morgan fingerprint density at radius 2 is 1.75 bits per heavy atom. The summed E-state index contributed by atoms with van der Waals surface area (Å²) in [6, 6.07) is 12.6. The number of anilines is 1. The fourth-order valence-corrected chi connectivity index (χ4v) is 2.59. The molecule has 0 saturated carbocycles. The largest absolute Gasteiger partial charge is 0.416 e. The summed E-state index contributed by atoms with van der Waals surface area (Å²) in [5.41, 5.74) is -1.02. The normalized spacial score (nSPS) is 11.3. The van der Waals surface area contributed by atoms with E-state index in [2.05, 4.69) is 5.32 Å². The molecule has 1 amide bonds. The number of carbonyl (C=O) groups excluding carboxylic acids is 1. The number of halogens is 4. The van der Waals surface area contributed by atoms with Crippen LogP contribution in [-0.2, 0) is 12.7 Å². The van der Waals surface area contributed by atoms with Crippen molar-refractivity contribution in [3.63, 3.8) is 0 Å². The number of nitrogens with zero attached hydrogens (tertiary/aromatic N) is 1. The van der Waals surface area contributed by atoms with Crippen molar-refractivity contribution in [3.05, 3.63) is 99.7 Å². The monoisotopic (exact) mass is 390 g/mol. The molecule has 0 aliphatic carbocycles. The Morgan fingerprint density at radius 1 is 1.00 bits per heavy atom. The highest BCUT2D eigenvalue weighted by Crippen LogP contribution is 2.29. The van der Waals surface area contributed by atoms with Gasteiger partial charge in [-0.3, -0.25) is 9.59 Å². The van der Waals surface area contributed by atoms with E-state index in [1.165, 1.54) is 42.6 Å². The smallest absolute Gasteiger partial charge is 0.319 e. The van der Waals surface area contributed by atoms with Gasteiger partial charge in [0.05, 0.1) is 23.4 Å². The standard InChI is InChI=1S/C20H14F4N2O2/c21-16-6-1-2-7-17(16)25-19(28)14-8-9-18(27)26(12-14)11-13-4-3-5-15(10-13)20(22,23)24/h1-10,12H,11H2,(H,25,28). The Bertz CT molecular complexity index is 1070. The first-order valence-corrected chi connectivity index (χ1v) is 8.16. The minimum atomic E-state index is -4.50. The molecule has 3 aromatic rings. The van der Waals surface area contributed by atoms with Crippen LogP contribution in [0.3, 0.4) is 0 Å². The van der Waals surface area contributed by atoms with Crippen LogP contribution in [-0.4, -0.2) is 10.5 Å². The molecule has 1 aromatic heterocycles. The van der Waals surface area contributed by atoms with E-state index in [9.17, 15) is 27.2 Å². The van der Waals surface area contributed by atoms with Crippen molar-refractivity contribution in [1.29, 1.82) is 0 Å². The number of nitrogens with one attached hydrogen (secondary N) is 1. The molecule has 2 aromatic carbocycles. The fraction of sp³-hybridized carbons (Fsp3) is 0.100. The average Bonchev–Trinajstić information content (AvgIpc) is 2.65. The number of pyridine rings is 1. The first-order valence-electron chi connectivity index (χ1n) is 8.16. The van der Waals surface area contributed by atoms with Gasteiger partial charge >= 0.3 is 6.18 Å². The van der Waals surface area contributed by atoms with Gasteiger partial charge in [-0.05, 0) is 35.9 Å². The molecule has 1 N–H and O–H groups in total. The predicted octanol–water partition coefficient (Wildman–Crippen LogP) is 4.31. The summed E-state index contributed by atoms with van der Waals surface area (Å²) in [6.07, 6.45) is -3.28. The van der Waals surface area contributed by atoms with Gasteiger partial charge in [-0.15, -0.1) is 0 Å². The molecule has 3 rings (SSSR count). The van der Waals surface area contributed by atoms with Crippen molar-refractivity contribution in [1.82, 2.24) is 4.57 Å². The zero-order valence-corrected chi connectivity index (χ0v) is 14.3. The quantitative estimate of drug-likeness (QED) is 0.675. The lowest BCUT2D eigenvalue weighted by Gasteiger charge is -2.11. The van der Waals surface area contributed by atoms with Crippen LogP contribution in [0.4, 0.5) is 23.2 Å². The van der Waals surface area contributed by atoms with Crippen LogP contribution in [0, 0.1) is 5.82 Å². The van der Waals surface area contributed by atoms with Gasteiger partial charge in [0.25, 0.3) is 11.5 Å². The zero-order chi connectivity index (χ0) is 20.3. The number of aromatic nitrogens is 1. The molecule has 144 valence electrons. The molecule has 0 saturated heterocycles. The first-order chi connectivity index (χ1) is 13.2. The highest BCUT2D eigenvalue weighted by atomic mass is 19.4. The molecular weight excluding hydrogens is 376 g/mol. The Labute approximate surface area is 157 Å². The van der Waals surface area contributed by atoms with Gasteiger partial charge in [0.1, 0.15) is 5.82 Å². The van der Waals surface area contributed by atoms with Crippen molar-refractivity contribution >= 4 is 11.6 Å². The molecule has 0 unspecified atom stereocenters. The lowest BCUT2D eigenvalue weighted by Crippen LogP contribution is -2.23. The summed E-state index contributed by atoms with van der Waals surface area (Å²) < 4.78 is 53.3. The Hall–Kier alpha value is -3.42. The summed E-state index contributed by atoms with van der Waals surface area (Å²) in [5.74, 6) is -1.27. The fourth-order valence-electron chi connectivity index (χ4n) is 2.59. The van der Waals surface area contributed by atoms with Gasteiger partial charge in [-0.25, -0.2) is 4.39 Å². The van der Waals surface area contributed by atoms with E-state index >= 15 is 0 Å². The zero-order valence-electron chi connectivity index (χ0n) is 14.3. The molecule has 0 spiro atoms. The molecular formula is C20H14F4N2O2. The van der Waals surface area contributed by atoms with Gasteiger partial charge in [0.2, 0.25) is 0 Å². The number of carbonyl (C=O) groups is 1. The van der Waals surface area contributed by atoms with Gasteiger partial charge in [-0.2, -0.15) is 13.2 Å². The van der Waals surface area contributed by atoms with E-state index < -0.39 is 29.0 Å². The molecule has 8 heteroatoms. The third-order valence-electron chi connectivity index (χ3n) is 3.97. The van der Waals surface area contributed by atoms with Crippen molar-refractivity contribution < 1.29 is 22.4 Å². The minimum Gasteiger partial charge on any atom is -0.319 e. The highest BCUT2D eigenvalue weighted by molar-refractivity contribution is 6.04. The summed E-state index contributed by atoms with van der Waals surface area (Å²) in [4.78, 5) is 24.4. The van der Waals surface area contributed by atoms with E-state index in [1.54, 1.807) is 6.07 Å². The molecule has 0 radical (unpaired) electrons. The molecule has 0 atom stereocenters. The van der Waals surface area contributed by atoms with E-state index in [-0.39, 0.29) is 23.4 Å². The highest BCUT2D eigenvalue weighted by Gasteiger charge is 2.30. The lowest BCUT2D eigenvalue weighted by atomic mass is 10.1. The maximum atomic E-state index is 13.7. The molecule has 28 heavy (non-hydrogen) atoms. The Kier molecular flexibility index (Phi) is 5.30. The number of amides is 1.